The van der Waals surface area contributed by atoms with Crippen LogP contribution in [0.25, 0.3) is 0 Å². The molecular weight excluding hydrogens is 516 g/mol. The molecule has 0 aliphatic carbocycles. The van der Waals surface area contributed by atoms with E-state index in [-0.39, 0.29) is 5.75 Å². The van der Waals surface area contributed by atoms with Crippen molar-refractivity contribution in [3.05, 3.63) is 76.0 Å². The number of thiazole rings is 1. The highest BCUT2D eigenvalue weighted by molar-refractivity contribution is 7.98. The number of thioether (sulfide) groups is 2. The Balaban J connectivity index is 1.51. The molecule has 2 aromatic heterocycles. The van der Waals surface area contributed by atoms with Gasteiger partial charge in [0.1, 0.15) is 16.6 Å². The monoisotopic (exact) mass is 540 g/mol. The SMILES string of the molecule is O=S(=O)(CC(=NCCSCc1nccs1)NCCSCc1ncccc1Cl)c1ccccc1. The van der Waals surface area contributed by atoms with Crippen LogP contribution in [0.5, 0.6) is 0 Å². The molecule has 1 aromatic carbocycles. The molecule has 6 nitrogen and oxygen atoms in total. The van der Waals surface area contributed by atoms with Crippen molar-refractivity contribution >= 4 is 62.1 Å². The van der Waals surface area contributed by atoms with E-state index in [0.717, 1.165) is 28.0 Å². The minimum Gasteiger partial charge on any atom is -0.372 e. The maximum absolute atomic E-state index is 12.8. The number of aromatic nitrogens is 2. The third-order valence-corrected chi connectivity index (χ3v) is 9.19. The largest absolute Gasteiger partial charge is 0.372 e. The van der Waals surface area contributed by atoms with E-state index >= 15 is 0 Å². The van der Waals surface area contributed by atoms with Gasteiger partial charge in [0.25, 0.3) is 0 Å². The third-order valence-electron chi connectivity index (χ3n) is 4.33. The van der Waals surface area contributed by atoms with Crippen LogP contribution in [0.4, 0.5) is 0 Å². The summed E-state index contributed by atoms with van der Waals surface area (Å²) in [6, 6.07) is 12.1. The van der Waals surface area contributed by atoms with E-state index in [9.17, 15) is 8.42 Å². The lowest BCUT2D eigenvalue weighted by molar-refractivity contribution is 0.599. The van der Waals surface area contributed by atoms with E-state index in [2.05, 4.69) is 20.3 Å². The Kier molecular flexibility index (Phi) is 11.0. The van der Waals surface area contributed by atoms with Crippen molar-refractivity contribution in [3.63, 3.8) is 0 Å². The van der Waals surface area contributed by atoms with E-state index in [0.29, 0.717) is 34.6 Å². The fraction of sp³-hybridized carbons (Fsp3) is 0.318. The molecule has 176 valence electrons. The first-order chi connectivity index (χ1) is 16.0. The van der Waals surface area contributed by atoms with Gasteiger partial charge in [0, 0.05) is 47.3 Å². The number of hydrogen-bond donors (Lipinski definition) is 1. The van der Waals surface area contributed by atoms with Crippen LogP contribution in [0.2, 0.25) is 5.02 Å². The Morgan fingerprint density at radius 1 is 1.03 bits per heavy atom. The number of rotatable bonds is 13. The molecule has 0 fully saturated rings. The zero-order valence-corrected chi connectivity index (χ0v) is 21.9. The molecule has 0 atom stereocenters. The molecule has 0 aliphatic heterocycles. The van der Waals surface area contributed by atoms with Crippen molar-refractivity contribution in [2.45, 2.75) is 16.4 Å². The van der Waals surface area contributed by atoms with Crippen LogP contribution in [-0.4, -0.2) is 54.6 Å². The highest BCUT2D eigenvalue weighted by Gasteiger charge is 2.17. The summed E-state index contributed by atoms with van der Waals surface area (Å²) in [7, 11) is -3.47. The molecule has 0 unspecified atom stereocenters. The lowest BCUT2D eigenvalue weighted by Gasteiger charge is -2.11. The van der Waals surface area contributed by atoms with Gasteiger partial charge in [0.15, 0.2) is 9.84 Å². The summed E-state index contributed by atoms with van der Waals surface area (Å²) >= 11 is 11.2. The molecule has 33 heavy (non-hydrogen) atoms. The molecule has 0 saturated heterocycles. The molecule has 0 spiro atoms. The average Bonchev–Trinajstić information content (AvgIpc) is 3.33. The topological polar surface area (TPSA) is 84.3 Å². The van der Waals surface area contributed by atoms with Crippen molar-refractivity contribution in [2.75, 3.05) is 30.3 Å². The van der Waals surface area contributed by atoms with Gasteiger partial charge in [0.2, 0.25) is 0 Å². The van der Waals surface area contributed by atoms with Gasteiger partial charge >= 0.3 is 0 Å². The van der Waals surface area contributed by atoms with E-state index in [1.54, 1.807) is 77.6 Å². The number of pyridine rings is 1. The zero-order valence-electron chi connectivity index (χ0n) is 17.9. The van der Waals surface area contributed by atoms with E-state index < -0.39 is 9.84 Å². The van der Waals surface area contributed by atoms with Crippen molar-refractivity contribution in [1.82, 2.24) is 15.3 Å². The molecule has 0 bridgehead atoms. The summed E-state index contributed by atoms with van der Waals surface area (Å²) in [5, 5.41) is 6.93. The molecule has 3 aromatic rings. The lowest BCUT2D eigenvalue weighted by Crippen LogP contribution is -2.32. The van der Waals surface area contributed by atoms with Crippen molar-refractivity contribution in [3.8, 4) is 0 Å². The van der Waals surface area contributed by atoms with Gasteiger partial charge in [0.05, 0.1) is 22.2 Å². The number of halogens is 1. The van der Waals surface area contributed by atoms with E-state index in [1.807, 2.05) is 17.5 Å². The van der Waals surface area contributed by atoms with Gasteiger partial charge in [-0.3, -0.25) is 9.98 Å². The van der Waals surface area contributed by atoms with Crippen LogP contribution in [0.15, 0.2) is 70.1 Å². The second-order valence-corrected chi connectivity index (χ2v) is 12.4. The van der Waals surface area contributed by atoms with Gasteiger partial charge < -0.3 is 5.32 Å². The maximum atomic E-state index is 12.8. The number of nitrogens with one attached hydrogen (secondary N) is 1. The maximum Gasteiger partial charge on any atom is 0.185 e. The Labute approximate surface area is 212 Å². The molecule has 11 heteroatoms. The Hall–Kier alpha value is -1.59. The molecule has 0 amide bonds. The molecule has 0 saturated carbocycles. The highest BCUT2D eigenvalue weighted by atomic mass is 35.5. The molecule has 3 rings (SSSR count). The smallest absolute Gasteiger partial charge is 0.185 e. The number of aliphatic imine (C=N–C) groups is 1. The van der Waals surface area contributed by atoms with Crippen LogP contribution in [0.3, 0.4) is 0 Å². The lowest BCUT2D eigenvalue weighted by atomic mass is 10.4. The highest BCUT2D eigenvalue weighted by Crippen LogP contribution is 2.18. The number of benzene rings is 1. The minimum atomic E-state index is -3.47. The predicted octanol–water partition coefficient (Wildman–Crippen LogP) is 4.82. The van der Waals surface area contributed by atoms with Crippen LogP contribution in [0, 0.1) is 0 Å². The molecule has 0 aliphatic rings. The Bertz CT molecular complexity index is 1110. The van der Waals surface area contributed by atoms with Gasteiger partial charge in [-0.25, -0.2) is 13.4 Å². The second-order valence-electron chi connectivity index (χ2n) is 6.79. The Morgan fingerprint density at radius 3 is 2.61 bits per heavy atom. The van der Waals surface area contributed by atoms with Crippen LogP contribution in [0.1, 0.15) is 10.7 Å². The molecule has 1 N–H and O–H groups in total. The molecular formula is C22H25ClN4O2S4. The summed E-state index contributed by atoms with van der Waals surface area (Å²) in [5.74, 6) is 3.45. The Morgan fingerprint density at radius 2 is 1.85 bits per heavy atom. The number of nitrogens with zero attached hydrogens (tertiary/aromatic N) is 3. The standard InChI is InChI=1S/C22H25ClN4O2S4/c23-19-7-4-8-24-20(19)15-30-12-9-25-21(17-33(28,29)18-5-2-1-3-6-18)26-10-13-31-16-22-27-11-14-32-22/h1-8,11,14H,9-10,12-13,15-17H2,(H,25,26). The van der Waals surface area contributed by atoms with Crippen LogP contribution in [-0.2, 0) is 21.3 Å². The van der Waals surface area contributed by atoms with Crippen LogP contribution >= 0.6 is 46.5 Å². The number of hydrogen-bond acceptors (Lipinski definition) is 8. The zero-order chi connectivity index (χ0) is 23.4. The summed E-state index contributed by atoms with van der Waals surface area (Å²) in [4.78, 5) is 13.4. The number of amidine groups is 1. The quantitative estimate of drug-likeness (QED) is 0.189. The third kappa shape index (κ3) is 9.29. The van der Waals surface area contributed by atoms with Crippen molar-refractivity contribution in [2.24, 2.45) is 4.99 Å². The minimum absolute atomic E-state index is 0.148. The summed E-state index contributed by atoms with van der Waals surface area (Å²) in [6.45, 7) is 1.14. The number of sulfone groups is 1. The van der Waals surface area contributed by atoms with Gasteiger partial charge in [-0.15, -0.1) is 11.3 Å². The van der Waals surface area contributed by atoms with E-state index in [1.165, 1.54) is 0 Å². The van der Waals surface area contributed by atoms with Crippen molar-refractivity contribution in [1.29, 1.82) is 0 Å². The van der Waals surface area contributed by atoms with Crippen molar-refractivity contribution < 1.29 is 8.42 Å². The first-order valence-electron chi connectivity index (χ1n) is 10.2. The summed E-state index contributed by atoms with van der Waals surface area (Å²) < 4.78 is 25.7. The van der Waals surface area contributed by atoms with Gasteiger partial charge in [-0.2, -0.15) is 23.5 Å². The fourth-order valence-corrected chi connectivity index (χ4v) is 6.64. The van der Waals surface area contributed by atoms with Gasteiger partial charge in [-0.1, -0.05) is 29.8 Å². The average molecular weight is 541 g/mol. The summed E-state index contributed by atoms with van der Waals surface area (Å²) in [5.41, 5.74) is 0.849. The van der Waals surface area contributed by atoms with Crippen LogP contribution < -0.4 is 5.32 Å². The fourth-order valence-electron chi connectivity index (χ4n) is 2.73. The molecule has 0 radical (unpaired) electrons. The van der Waals surface area contributed by atoms with Gasteiger partial charge in [-0.05, 0) is 24.3 Å². The molecule has 2 heterocycles. The predicted molar refractivity (Wildman–Crippen MR) is 142 cm³/mol. The normalized spacial score (nSPS) is 12.1. The first kappa shape index (κ1) is 26.0. The summed E-state index contributed by atoms with van der Waals surface area (Å²) in [6.07, 6.45) is 3.53. The van der Waals surface area contributed by atoms with E-state index in [4.69, 9.17) is 11.6 Å². The second kappa shape index (κ2) is 14.0. The first-order valence-corrected chi connectivity index (χ1v) is 15.4.